The summed E-state index contributed by atoms with van der Waals surface area (Å²) in [6.07, 6.45) is -3.11. The van der Waals surface area contributed by atoms with Gasteiger partial charge in [0.05, 0.1) is 10.2 Å². The van der Waals surface area contributed by atoms with Gasteiger partial charge in [-0.1, -0.05) is 6.07 Å². The molecule has 3 heterocycles. The molecule has 1 aromatic carbocycles. The predicted molar refractivity (Wildman–Crippen MR) is 107 cm³/mol. The first kappa shape index (κ1) is 19.1. The van der Waals surface area contributed by atoms with E-state index in [4.69, 9.17) is 0 Å². The Morgan fingerprint density at radius 1 is 1.07 bits per heavy atom. The number of anilines is 1. The highest BCUT2D eigenvalue weighted by atomic mass is 32.1. The lowest BCUT2D eigenvalue weighted by molar-refractivity contribution is -0.133. The van der Waals surface area contributed by atoms with Crippen molar-refractivity contribution in [1.29, 1.82) is 0 Å². The summed E-state index contributed by atoms with van der Waals surface area (Å²) in [6, 6.07) is 9.37. The summed E-state index contributed by atoms with van der Waals surface area (Å²) in [5, 5.41) is 0.834. The lowest BCUT2D eigenvalue weighted by Gasteiger charge is -2.33. The fourth-order valence-electron chi connectivity index (χ4n) is 3.27. The summed E-state index contributed by atoms with van der Waals surface area (Å²) in [6.45, 7) is 3.98. The Balaban J connectivity index is 1.50. The smallest absolute Gasteiger partial charge is 0.354 e. The van der Waals surface area contributed by atoms with Crippen LogP contribution in [0.25, 0.3) is 20.8 Å². The van der Waals surface area contributed by atoms with Crippen LogP contribution in [0.1, 0.15) is 12.0 Å². The van der Waals surface area contributed by atoms with Crippen molar-refractivity contribution >= 4 is 27.4 Å². The number of aryl methyl sites for hydroxylation is 1. The summed E-state index contributed by atoms with van der Waals surface area (Å²) in [5.41, 5.74) is 2.42. The maximum atomic E-state index is 12.4. The number of hydrogen-bond acceptors (Lipinski definition) is 5. The Bertz CT molecular complexity index is 944. The summed E-state index contributed by atoms with van der Waals surface area (Å²) < 4.78 is 38.2. The van der Waals surface area contributed by atoms with Gasteiger partial charge in [0.15, 0.2) is 0 Å². The third-order valence-corrected chi connectivity index (χ3v) is 6.04. The van der Waals surface area contributed by atoms with Crippen LogP contribution in [0, 0.1) is 0 Å². The molecule has 148 valence electrons. The molecule has 8 heteroatoms. The standard InChI is InChI=1S/C20H21F3N4S/c1-26-8-10-27(11-9-26)18-5-3-15(13-24-18)19-25-16-4-2-14(12-17(16)28-19)6-7-20(21,22)23/h2-5,12-13H,6-11H2,1H3. The second-order valence-electron chi connectivity index (χ2n) is 7.13. The van der Waals surface area contributed by atoms with E-state index in [9.17, 15) is 13.2 Å². The average Bonchev–Trinajstić information content (AvgIpc) is 3.10. The van der Waals surface area contributed by atoms with Gasteiger partial charge in [-0.15, -0.1) is 11.3 Å². The number of hydrogen-bond donors (Lipinski definition) is 0. The topological polar surface area (TPSA) is 32.3 Å². The fraction of sp³-hybridized carbons (Fsp3) is 0.400. The minimum absolute atomic E-state index is 0.00600. The average molecular weight is 406 g/mol. The second-order valence-corrected chi connectivity index (χ2v) is 8.16. The number of thiazole rings is 1. The van der Waals surface area contributed by atoms with Crippen LogP contribution in [0.15, 0.2) is 36.5 Å². The Hall–Kier alpha value is -2.19. The Morgan fingerprint density at radius 2 is 1.86 bits per heavy atom. The quantitative estimate of drug-likeness (QED) is 0.634. The van der Waals surface area contributed by atoms with Crippen LogP contribution >= 0.6 is 11.3 Å². The molecule has 0 bridgehead atoms. The third-order valence-electron chi connectivity index (χ3n) is 4.97. The van der Waals surface area contributed by atoms with E-state index in [2.05, 4.69) is 26.8 Å². The molecule has 0 saturated carbocycles. The van der Waals surface area contributed by atoms with Gasteiger partial charge in [0.1, 0.15) is 10.8 Å². The number of fused-ring (bicyclic) bond motifs is 1. The molecule has 1 aliphatic rings. The van der Waals surface area contributed by atoms with E-state index < -0.39 is 12.6 Å². The van der Waals surface area contributed by atoms with Crippen LogP contribution < -0.4 is 4.90 Å². The van der Waals surface area contributed by atoms with E-state index in [0.29, 0.717) is 5.56 Å². The molecule has 0 spiro atoms. The van der Waals surface area contributed by atoms with Crippen LogP contribution in [-0.4, -0.2) is 54.3 Å². The van der Waals surface area contributed by atoms with Gasteiger partial charge in [-0.05, 0) is 43.3 Å². The van der Waals surface area contributed by atoms with E-state index in [1.807, 2.05) is 24.4 Å². The number of alkyl halides is 3. The molecule has 1 fully saturated rings. The number of rotatable bonds is 4. The maximum absolute atomic E-state index is 12.4. The number of pyridine rings is 1. The highest BCUT2D eigenvalue weighted by molar-refractivity contribution is 7.21. The van der Waals surface area contributed by atoms with Crippen molar-refractivity contribution in [1.82, 2.24) is 14.9 Å². The van der Waals surface area contributed by atoms with Crippen molar-refractivity contribution < 1.29 is 13.2 Å². The van der Waals surface area contributed by atoms with Crippen LogP contribution in [-0.2, 0) is 6.42 Å². The van der Waals surface area contributed by atoms with Crippen LogP contribution in [0.5, 0.6) is 0 Å². The summed E-state index contributed by atoms with van der Waals surface area (Å²) in [5.74, 6) is 0.965. The van der Waals surface area contributed by atoms with Gasteiger partial charge in [-0.2, -0.15) is 13.2 Å². The van der Waals surface area contributed by atoms with Crippen LogP contribution in [0.4, 0.5) is 19.0 Å². The molecule has 28 heavy (non-hydrogen) atoms. The van der Waals surface area contributed by atoms with Crippen molar-refractivity contribution in [3.05, 3.63) is 42.1 Å². The molecule has 3 aromatic rings. The largest absolute Gasteiger partial charge is 0.389 e. The molecule has 0 aliphatic carbocycles. The Morgan fingerprint density at radius 3 is 2.54 bits per heavy atom. The van der Waals surface area contributed by atoms with Gasteiger partial charge >= 0.3 is 6.18 Å². The monoisotopic (exact) mass is 406 g/mol. The van der Waals surface area contributed by atoms with Gasteiger partial charge in [0.2, 0.25) is 0 Å². The molecule has 0 atom stereocenters. The number of aromatic nitrogens is 2. The minimum Gasteiger partial charge on any atom is -0.354 e. The van der Waals surface area contributed by atoms with Crippen LogP contribution in [0.2, 0.25) is 0 Å². The van der Waals surface area contributed by atoms with Crippen LogP contribution in [0.3, 0.4) is 0 Å². The summed E-state index contributed by atoms with van der Waals surface area (Å²) in [4.78, 5) is 13.8. The Kier molecular flexibility index (Phi) is 5.25. The number of likely N-dealkylation sites (N-methyl/N-ethyl adjacent to an activating group) is 1. The molecular formula is C20H21F3N4S. The first-order valence-corrected chi connectivity index (χ1v) is 10.1. The zero-order valence-corrected chi connectivity index (χ0v) is 16.4. The molecule has 1 saturated heterocycles. The van der Waals surface area contributed by atoms with Crippen molar-refractivity contribution in [3.63, 3.8) is 0 Å². The van der Waals surface area contributed by atoms with Gasteiger partial charge in [-0.3, -0.25) is 0 Å². The van der Waals surface area contributed by atoms with E-state index in [1.54, 1.807) is 12.1 Å². The minimum atomic E-state index is -4.13. The van der Waals surface area contributed by atoms with Gasteiger partial charge in [-0.25, -0.2) is 9.97 Å². The lowest BCUT2D eigenvalue weighted by atomic mass is 10.1. The first-order chi connectivity index (χ1) is 13.4. The number of nitrogens with zero attached hydrogens (tertiary/aromatic N) is 4. The van der Waals surface area contributed by atoms with Gasteiger partial charge < -0.3 is 9.80 Å². The van der Waals surface area contributed by atoms with Crippen molar-refractivity contribution in [3.8, 4) is 10.6 Å². The fourth-order valence-corrected chi connectivity index (χ4v) is 4.29. The molecule has 0 radical (unpaired) electrons. The molecule has 0 N–H and O–H groups in total. The maximum Gasteiger partial charge on any atom is 0.389 e. The molecule has 4 rings (SSSR count). The molecule has 1 aliphatic heterocycles. The number of benzene rings is 1. The lowest BCUT2D eigenvalue weighted by Crippen LogP contribution is -2.44. The highest BCUT2D eigenvalue weighted by Gasteiger charge is 2.26. The van der Waals surface area contributed by atoms with Crippen molar-refractivity contribution in [2.75, 3.05) is 38.1 Å². The Labute approximate surface area is 165 Å². The highest BCUT2D eigenvalue weighted by Crippen LogP contribution is 2.32. The molecular weight excluding hydrogens is 385 g/mol. The summed E-state index contributed by atoms with van der Waals surface area (Å²) in [7, 11) is 2.12. The zero-order chi connectivity index (χ0) is 19.7. The number of piperazine rings is 1. The first-order valence-electron chi connectivity index (χ1n) is 9.23. The van der Waals surface area contributed by atoms with E-state index in [0.717, 1.165) is 52.8 Å². The van der Waals surface area contributed by atoms with E-state index in [1.165, 1.54) is 11.3 Å². The normalized spacial score (nSPS) is 16.1. The second kappa shape index (κ2) is 7.67. The zero-order valence-electron chi connectivity index (χ0n) is 15.5. The molecule has 0 amide bonds. The SMILES string of the molecule is CN1CCN(c2ccc(-c3nc4ccc(CCC(F)(F)F)cc4s3)cn2)CC1. The number of halogens is 3. The van der Waals surface area contributed by atoms with Crippen molar-refractivity contribution in [2.45, 2.75) is 19.0 Å². The summed E-state index contributed by atoms with van der Waals surface area (Å²) >= 11 is 1.49. The molecule has 2 aromatic heterocycles. The molecule has 4 nitrogen and oxygen atoms in total. The predicted octanol–water partition coefficient (Wildman–Crippen LogP) is 4.61. The molecule has 0 unspecified atom stereocenters. The third kappa shape index (κ3) is 4.44. The van der Waals surface area contributed by atoms with Gasteiger partial charge in [0.25, 0.3) is 0 Å². The van der Waals surface area contributed by atoms with E-state index >= 15 is 0 Å². The van der Waals surface area contributed by atoms with Crippen molar-refractivity contribution in [2.24, 2.45) is 0 Å². The van der Waals surface area contributed by atoms with Gasteiger partial charge in [0, 0.05) is 44.4 Å². The van der Waals surface area contributed by atoms with E-state index in [-0.39, 0.29) is 6.42 Å².